The molecule has 1 atom stereocenters. The van der Waals surface area contributed by atoms with Gasteiger partial charge in [0.25, 0.3) is 0 Å². The second-order valence-corrected chi connectivity index (χ2v) is 3.87. The van der Waals surface area contributed by atoms with E-state index in [4.69, 9.17) is 5.73 Å². The number of fused-ring (bicyclic) bond motifs is 1. The van der Waals surface area contributed by atoms with Crippen molar-refractivity contribution in [3.8, 4) is 0 Å². The van der Waals surface area contributed by atoms with Crippen LogP contribution in [0.5, 0.6) is 0 Å². The van der Waals surface area contributed by atoms with Crippen molar-refractivity contribution in [2.45, 2.75) is 38.9 Å². The fourth-order valence-corrected chi connectivity index (χ4v) is 1.92. The van der Waals surface area contributed by atoms with Crippen molar-refractivity contribution in [1.29, 1.82) is 0 Å². The molecule has 0 aliphatic carbocycles. The molecule has 14 heavy (non-hydrogen) atoms. The summed E-state index contributed by atoms with van der Waals surface area (Å²) >= 11 is 0. The summed E-state index contributed by atoms with van der Waals surface area (Å²) in [6, 6.07) is 0.319. The molecule has 0 spiro atoms. The number of hydrogen-bond acceptors (Lipinski definition) is 3. The van der Waals surface area contributed by atoms with Crippen LogP contribution in [0.1, 0.15) is 24.6 Å². The molecule has 0 radical (unpaired) electrons. The van der Waals surface area contributed by atoms with E-state index < -0.39 is 0 Å². The summed E-state index contributed by atoms with van der Waals surface area (Å²) in [5.41, 5.74) is 8.58. The van der Waals surface area contributed by atoms with Crippen LogP contribution in [0.15, 0.2) is 6.20 Å². The summed E-state index contributed by atoms with van der Waals surface area (Å²) in [6.45, 7) is 5.00. The highest BCUT2D eigenvalue weighted by atomic mass is 15.3. The highest BCUT2D eigenvalue weighted by molar-refractivity contribution is 5.20. The number of nitrogens with one attached hydrogen (secondary N) is 1. The van der Waals surface area contributed by atoms with Crippen molar-refractivity contribution in [3.05, 3.63) is 17.5 Å². The lowest BCUT2D eigenvalue weighted by Crippen LogP contribution is -2.31. The number of nitrogens with zero attached hydrogens (tertiary/aromatic N) is 2. The average molecular weight is 194 g/mol. The third-order valence-corrected chi connectivity index (χ3v) is 2.77. The van der Waals surface area contributed by atoms with Gasteiger partial charge in [-0.3, -0.25) is 4.68 Å². The highest BCUT2D eigenvalue weighted by Gasteiger charge is 2.18. The predicted molar refractivity (Wildman–Crippen MR) is 55.9 cm³/mol. The van der Waals surface area contributed by atoms with Gasteiger partial charge in [0.05, 0.1) is 6.20 Å². The van der Waals surface area contributed by atoms with Gasteiger partial charge in [0.15, 0.2) is 0 Å². The van der Waals surface area contributed by atoms with Crippen LogP contribution in [-0.4, -0.2) is 22.4 Å². The van der Waals surface area contributed by atoms with Crippen LogP contribution in [0, 0.1) is 0 Å². The number of rotatable bonds is 3. The first-order valence-electron chi connectivity index (χ1n) is 5.31. The van der Waals surface area contributed by atoms with Crippen molar-refractivity contribution in [2.24, 2.45) is 5.73 Å². The van der Waals surface area contributed by atoms with Gasteiger partial charge in [0.2, 0.25) is 0 Å². The van der Waals surface area contributed by atoms with E-state index in [1.165, 1.54) is 11.3 Å². The van der Waals surface area contributed by atoms with Gasteiger partial charge in [-0.1, -0.05) is 6.92 Å². The van der Waals surface area contributed by atoms with E-state index >= 15 is 0 Å². The molecule has 0 saturated heterocycles. The average Bonchev–Trinajstić information content (AvgIpc) is 2.57. The fourth-order valence-electron chi connectivity index (χ4n) is 1.92. The highest BCUT2D eigenvalue weighted by Crippen LogP contribution is 2.17. The normalized spacial score (nSPS) is 20.9. The summed E-state index contributed by atoms with van der Waals surface area (Å²) in [7, 11) is 0. The summed E-state index contributed by atoms with van der Waals surface area (Å²) < 4.78 is 2.09. The van der Waals surface area contributed by atoms with Crippen LogP contribution < -0.4 is 11.1 Å². The van der Waals surface area contributed by atoms with Crippen molar-refractivity contribution in [1.82, 2.24) is 15.1 Å². The second kappa shape index (κ2) is 4.11. The molecule has 78 valence electrons. The quantitative estimate of drug-likeness (QED) is 0.726. The van der Waals surface area contributed by atoms with Crippen LogP contribution in [-0.2, 0) is 19.5 Å². The lowest BCUT2D eigenvalue weighted by molar-refractivity contribution is 0.436. The van der Waals surface area contributed by atoms with E-state index in [1.54, 1.807) is 0 Å². The molecule has 4 nitrogen and oxygen atoms in total. The molecule has 1 aromatic rings. The molecule has 1 aromatic heterocycles. The topological polar surface area (TPSA) is 55.9 Å². The van der Waals surface area contributed by atoms with E-state index in [9.17, 15) is 0 Å². The zero-order chi connectivity index (χ0) is 9.97. The van der Waals surface area contributed by atoms with E-state index in [0.29, 0.717) is 6.04 Å². The summed E-state index contributed by atoms with van der Waals surface area (Å²) in [5, 5.41) is 7.69. The maximum Gasteiger partial charge on any atom is 0.0537 e. The van der Waals surface area contributed by atoms with E-state index in [0.717, 1.165) is 32.5 Å². The van der Waals surface area contributed by atoms with Crippen molar-refractivity contribution >= 4 is 0 Å². The molecule has 0 aromatic carbocycles. The zero-order valence-corrected chi connectivity index (χ0v) is 8.66. The molecular weight excluding hydrogens is 176 g/mol. The van der Waals surface area contributed by atoms with Gasteiger partial charge in [-0.25, -0.2) is 0 Å². The standard InChI is InChI=1S/C10H18N4/c1-2-12-6-8-7-13-14-4-3-9(11)5-10(8)14/h7,9,12H,2-6,11H2,1H3. The Morgan fingerprint density at radius 1 is 1.71 bits per heavy atom. The number of aryl methyl sites for hydroxylation is 1. The minimum absolute atomic E-state index is 0.319. The first-order valence-corrected chi connectivity index (χ1v) is 5.31. The Balaban J connectivity index is 2.13. The van der Waals surface area contributed by atoms with Gasteiger partial charge >= 0.3 is 0 Å². The van der Waals surface area contributed by atoms with Crippen molar-refractivity contribution < 1.29 is 0 Å². The van der Waals surface area contributed by atoms with Gasteiger partial charge < -0.3 is 11.1 Å². The van der Waals surface area contributed by atoms with Gasteiger partial charge in [-0.15, -0.1) is 0 Å². The van der Waals surface area contributed by atoms with Gasteiger partial charge in [-0.2, -0.15) is 5.10 Å². The van der Waals surface area contributed by atoms with E-state index in [-0.39, 0.29) is 0 Å². The lowest BCUT2D eigenvalue weighted by atomic mass is 10.0. The van der Waals surface area contributed by atoms with E-state index in [2.05, 4.69) is 22.0 Å². The Morgan fingerprint density at radius 2 is 2.57 bits per heavy atom. The minimum atomic E-state index is 0.319. The lowest BCUT2D eigenvalue weighted by Gasteiger charge is -2.20. The van der Waals surface area contributed by atoms with Crippen molar-refractivity contribution in [2.75, 3.05) is 6.54 Å². The van der Waals surface area contributed by atoms with Crippen molar-refractivity contribution in [3.63, 3.8) is 0 Å². The smallest absolute Gasteiger partial charge is 0.0537 e. The van der Waals surface area contributed by atoms with Crippen LogP contribution in [0.2, 0.25) is 0 Å². The largest absolute Gasteiger partial charge is 0.327 e. The third-order valence-electron chi connectivity index (χ3n) is 2.77. The SMILES string of the molecule is CCNCc1cnn2c1CC(N)CC2. The second-order valence-electron chi connectivity index (χ2n) is 3.87. The summed E-state index contributed by atoms with van der Waals surface area (Å²) in [6.07, 6.45) is 3.99. The van der Waals surface area contributed by atoms with Crippen LogP contribution in [0.25, 0.3) is 0 Å². The molecular formula is C10H18N4. The van der Waals surface area contributed by atoms with Crippen LogP contribution in [0.3, 0.4) is 0 Å². The summed E-state index contributed by atoms with van der Waals surface area (Å²) in [4.78, 5) is 0. The Bertz CT molecular complexity index is 305. The van der Waals surface area contributed by atoms with Crippen LogP contribution in [0.4, 0.5) is 0 Å². The number of aromatic nitrogens is 2. The maximum atomic E-state index is 5.94. The van der Waals surface area contributed by atoms with Gasteiger partial charge in [0, 0.05) is 36.8 Å². The molecule has 1 aliphatic heterocycles. The van der Waals surface area contributed by atoms with Gasteiger partial charge in [-0.05, 0) is 13.0 Å². The Labute approximate surface area is 84.5 Å². The molecule has 1 aliphatic rings. The third kappa shape index (κ3) is 1.81. The molecule has 3 N–H and O–H groups in total. The van der Waals surface area contributed by atoms with E-state index in [1.807, 2.05) is 6.20 Å². The Kier molecular flexibility index (Phi) is 2.84. The Hall–Kier alpha value is -0.870. The fraction of sp³-hybridized carbons (Fsp3) is 0.700. The number of hydrogen-bond donors (Lipinski definition) is 2. The first kappa shape index (κ1) is 9.68. The minimum Gasteiger partial charge on any atom is -0.327 e. The maximum absolute atomic E-state index is 5.94. The molecule has 1 unspecified atom stereocenters. The summed E-state index contributed by atoms with van der Waals surface area (Å²) in [5.74, 6) is 0. The predicted octanol–water partition coefficient (Wildman–Crippen LogP) is 0.266. The molecule has 0 fully saturated rings. The molecule has 2 heterocycles. The molecule has 2 rings (SSSR count). The Morgan fingerprint density at radius 3 is 3.36 bits per heavy atom. The molecule has 0 saturated carbocycles. The molecule has 0 bridgehead atoms. The first-order chi connectivity index (χ1) is 6.81. The van der Waals surface area contributed by atoms with Crippen LogP contribution >= 0.6 is 0 Å². The zero-order valence-electron chi connectivity index (χ0n) is 8.66. The molecule has 4 heteroatoms. The van der Waals surface area contributed by atoms with Gasteiger partial charge in [0.1, 0.15) is 0 Å². The molecule has 0 amide bonds. The monoisotopic (exact) mass is 194 g/mol. The number of nitrogens with two attached hydrogens (primary N) is 1.